The summed E-state index contributed by atoms with van der Waals surface area (Å²) in [5.41, 5.74) is 6.36. The van der Waals surface area contributed by atoms with Crippen molar-refractivity contribution in [2.45, 2.75) is 12.6 Å². The van der Waals surface area contributed by atoms with Gasteiger partial charge in [0.2, 0.25) is 0 Å². The third-order valence-electron chi connectivity index (χ3n) is 2.00. The van der Waals surface area contributed by atoms with Gasteiger partial charge in [-0.15, -0.1) is 0 Å². The molecule has 0 saturated heterocycles. The number of carboxylic acids is 1. The molecule has 0 aliphatic heterocycles. The Labute approximate surface area is 87.1 Å². The first-order valence-corrected chi connectivity index (χ1v) is 4.35. The van der Waals surface area contributed by atoms with Crippen LogP contribution in [0.25, 0.3) is 0 Å². The van der Waals surface area contributed by atoms with E-state index in [1.165, 1.54) is 19.2 Å². The van der Waals surface area contributed by atoms with Crippen molar-refractivity contribution in [3.63, 3.8) is 0 Å². The van der Waals surface area contributed by atoms with Gasteiger partial charge in [-0.3, -0.25) is 4.79 Å². The molecule has 0 radical (unpaired) electrons. The number of hydrogen-bond acceptors (Lipinski definition) is 4. The molecule has 0 aromatic heterocycles. The van der Waals surface area contributed by atoms with Gasteiger partial charge in [0, 0.05) is 12.7 Å². The third-order valence-corrected chi connectivity index (χ3v) is 2.00. The molecule has 0 saturated carbocycles. The van der Waals surface area contributed by atoms with Crippen LogP contribution in [0.5, 0.6) is 5.75 Å². The van der Waals surface area contributed by atoms with Gasteiger partial charge in [0.1, 0.15) is 11.8 Å². The number of ether oxygens (including phenoxy) is 1. The van der Waals surface area contributed by atoms with Crippen LogP contribution in [0.4, 0.5) is 0 Å². The minimum atomic E-state index is -1.22. The number of methoxy groups -OCH3 is 1. The molecule has 82 valence electrons. The molecular formula is C10H13NO4. The zero-order valence-electron chi connectivity index (χ0n) is 8.30. The Balaban J connectivity index is 3.04. The van der Waals surface area contributed by atoms with E-state index in [0.717, 1.165) is 5.56 Å². The maximum absolute atomic E-state index is 10.7. The lowest BCUT2D eigenvalue weighted by molar-refractivity contribution is -0.138. The highest BCUT2D eigenvalue weighted by molar-refractivity contribution is 5.76. The molecule has 0 bridgehead atoms. The number of phenols is 1. The van der Waals surface area contributed by atoms with Gasteiger partial charge in [-0.25, -0.2) is 0 Å². The predicted molar refractivity (Wildman–Crippen MR) is 53.4 cm³/mol. The van der Waals surface area contributed by atoms with E-state index in [-0.39, 0.29) is 11.3 Å². The lowest BCUT2D eigenvalue weighted by Crippen LogP contribution is -2.20. The van der Waals surface area contributed by atoms with Crippen molar-refractivity contribution >= 4 is 5.97 Å². The monoisotopic (exact) mass is 211 g/mol. The second-order valence-electron chi connectivity index (χ2n) is 3.14. The SMILES string of the molecule is COCc1ccc(O)c(C(N)C(=O)O)c1. The fourth-order valence-corrected chi connectivity index (χ4v) is 1.24. The maximum Gasteiger partial charge on any atom is 0.325 e. The summed E-state index contributed by atoms with van der Waals surface area (Å²) >= 11 is 0. The van der Waals surface area contributed by atoms with Crippen molar-refractivity contribution in [2.75, 3.05) is 7.11 Å². The van der Waals surface area contributed by atoms with Gasteiger partial charge in [-0.05, 0) is 17.7 Å². The number of phenolic OH excluding ortho intramolecular Hbond substituents is 1. The van der Waals surface area contributed by atoms with Crippen LogP contribution in [-0.2, 0) is 16.1 Å². The molecule has 15 heavy (non-hydrogen) atoms. The Bertz CT molecular complexity index is 364. The summed E-state index contributed by atoms with van der Waals surface area (Å²) in [6.07, 6.45) is 0. The molecular weight excluding hydrogens is 198 g/mol. The van der Waals surface area contributed by atoms with Gasteiger partial charge >= 0.3 is 5.97 Å². The van der Waals surface area contributed by atoms with Gasteiger partial charge in [-0.1, -0.05) is 6.07 Å². The Hall–Kier alpha value is -1.59. The van der Waals surface area contributed by atoms with Crippen molar-refractivity contribution in [1.29, 1.82) is 0 Å². The van der Waals surface area contributed by atoms with Crippen LogP contribution in [0.15, 0.2) is 18.2 Å². The standard InChI is InChI=1S/C10H13NO4/c1-15-5-6-2-3-8(12)7(4-6)9(11)10(13)14/h2-4,9,12H,5,11H2,1H3,(H,13,14). The first kappa shape index (κ1) is 11.5. The number of benzene rings is 1. The summed E-state index contributed by atoms with van der Waals surface area (Å²) in [6, 6.07) is 3.36. The van der Waals surface area contributed by atoms with E-state index in [0.29, 0.717) is 6.61 Å². The molecule has 1 rings (SSSR count). The van der Waals surface area contributed by atoms with Crippen LogP contribution in [0, 0.1) is 0 Å². The van der Waals surface area contributed by atoms with E-state index in [4.69, 9.17) is 15.6 Å². The van der Waals surface area contributed by atoms with Gasteiger partial charge in [0.15, 0.2) is 0 Å². The first-order valence-electron chi connectivity index (χ1n) is 4.35. The molecule has 0 heterocycles. The van der Waals surface area contributed by atoms with Crippen LogP contribution < -0.4 is 5.73 Å². The van der Waals surface area contributed by atoms with Crippen molar-refractivity contribution in [2.24, 2.45) is 5.73 Å². The Morgan fingerprint density at radius 3 is 2.80 bits per heavy atom. The Kier molecular flexibility index (Phi) is 3.65. The minimum absolute atomic E-state index is 0.121. The number of aliphatic carboxylic acids is 1. The molecule has 0 aliphatic carbocycles. The van der Waals surface area contributed by atoms with Crippen molar-refractivity contribution in [3.05, 3.63) is 29.3 Å². The Morgan fingerprint density at radius 1 is 1.60 bits per heavy atom. The smallest absolute Gasteiger partial charge is 0.325 e. The maximum atomic E-state index is 10.7. The first-order chi connectivity index (χ1) is 7.06. The second-order valence-corrected chi connectivity index (χ2v) is 3.14. The van der Waals surface area contributed by atoms with Crippen molar-refractivity contribution in [3.8, 4) is 5.75 Å². The highest BCUT2D eigenvalue weighted by Crippen LogP contribution is 2.24. The zero-order chi connectivity index (χ0) is 11.4. The molecule has 1 aromatic carbocycles. The molecule has 0 fully saturated rings. The summed E-state index contributed by atoms with van der Waals surface area (Å²) in [7, 11) is 1.53. The van der Waals surface area contributed by atoms with Crippen LogP contribution in [0.1, 0.15) is 17.2 Å². The fourth-order valence-electron chi connectivity index (χ4n) is 1.24. The molecule has 1 atom stereocenters. The number of hydrogen-bond donors (Lipinski definition) is 3. The lowest BCUT2D eigenvalue weighted by atomic mass is 10.0. The molecule has 5 heteroatoms. The topological polar surface area (TPSA) is 92.8 Å². The molecule has 0 aliphatic rings. The minimum Gasteiger partial charge on any atom is -0.508 e. The molecule has 4 N–H and O–H groups in total. The third kappa shape index (κ3) is 2.68. The lowest BCUT2D eigenvalue weighted by Gasteiger charge is -2.10. The summed E-state index contributed by atoms with van der Waals surface area (Å²) in [5, 5.41) is 18.2. The van der Waals surface area contributed by atoms with E-state index < -0.39 is 12.0 Å². The van der Waals surface area contributed by atoms with Gasteiger partial charge in [0.25, 0.3) is 0 Å². The molecule has 5 nitrogen and oxygen atoms in total. The van der Waals surface area contributed by atoms with Gasteiger partial charge < -0.3 is 20.7 Å². The van der Waals surface area contributed by atoms with Crippen molar-refractivity contribution < 1.29 is 19.7 Å². The average Bonchev–Trinajstić information content (AvgIpc) is 2.20. The predicted octanol–water partition coefficient (Wildman–Crippen LogP) is 0.623. The van der Waals surface area contributed by atoms with Crippen LogP contribution >= 0.6 is 0 Å². The van der Waals surface area contributed by atoms with Gasteiger partial charge in [-0.2, -0.15) is 0 Å². The molecule has 0 amide bonds. The van der Waals surface area contributed by atoms with Crippen molar-refractivity contribution in [1.82, 2.24) is 0 Å². The van der Waals surface area contributed by atoms with E-state index in [2.05, 4.69) is 0 Å². The normalized spacial score (nSPS) is 12.4. The fraction of sp³-hybridized carbons (Fsp3) is 0.300. The van der Waals surface area contributed by atoms with Gasteiger partial charge in [0.05, 0.1) is 6.61 Å². The number of nitrogens with two attached hydrogens (primary N) is 1. The highest BCUT2D eigenvalue weighted by Gasteiger charge is 2.18. The number of rotatable bonds is 4. The van der Waals surface area contributed by atoms with Crippen LogP contribution in [0.3, 0.4) is 0 Å². The molecule has 0 spiro atoms. The Morgan fingerprint density at radius 2 is 2.27 bits per heavy atom. The van der Waals surface area contributed by atoms with E-state index in [9.17, 15) is 9.90 Å². The van der Waals surface area contributed by atoms with E-state index >= 15 is 0 Å². The average molecular weight is 211 g/mol. The second kappa shape index (κ2) is 4.77. The summed E-state index contributed by atoms with van der Waals surface area (Å²) in [4.78, 5) is 10.7. The van der Waals surface area contributed by atoms with E-state index in [1.54, 1.807) is 6.07 Å². The van der Waals surface area contributed by atoms with Crippen LogP contribution in [-0.4, -0.2) is 23.3 Å². The number of carbonyl (C=O) groups is 1. The summed E-state index contributed by atoms with van der Waals surface area (Å²) in [6.45, 7) is 0.347. The number of carboxylic acid groups (broad SMARTS) is 1. The van der Waals surface area contributed by atoms with Crippen LogP contribution in [0.2, 0.25) is 0 Å². The largest absolute Gasteiger partial charge is 0.508 e. The molecule has 1 unspecified atom stereocenters. The zero-order valence-corrected chi connectivity index (χ0v) is 8.30. The highest BCUT2D eigenvalue weighted by atomic mass is 16.5. The van der Waals surface area contributed by atoms with E-state index in [1.807, 2.05) is 0 Å². The summed E-state index contributed by atoms with van der Waals surface area (Å²) in [5.74, 6) is -1.30. The summed E-state index contributed by atoms with van der Waals surface area (Å²) < 4.78 is 4.89. The quantitative estimate of drug-likeness (QED) is 0.679. The number of aromatic hydroxyl groups is 1. The molecule has 1 aromatic rings.